The third-order valence-corrected chi connectivity index (χ3v) is 3.82. The number of halogens is 3. The van der Waals surface area contributed by atoms with Gasteiger partial charge in [0.1, 0.15) is 0 Å². The summed E-state index contributed by atoms with van der Waals surface area (Å²) < 4.78 is 1.05. The average Bonchev–Trinajstić information content (AvgIpc) is 2.34. The maximum absolute atomic E-state index is 9.50. The Labute approximate surface area is 130 Å². The van der Waals surface area contributed by atoms with Gasteiger partial charge in [0, 0.05) is 16.7 Å². The van der Waals surface area contributed by atoms with Crippen molar-refractivity contribution in [3.8, 4) is 5.75 Å². The first-order chi connectivity index (χ1) is 8.97. The lowest BCUT2D eigenvalue weighted by Gasteiger charge is -2.11. The molecule has 0 saturated heterocycles. The van der Waals surface area contributed by atoms with E-state index in [-0.39, 0.29) is 15.8 Å². The average molecular weight is 361 g/mol. The van der Waals surface area contributed by atoms with Crippen molar-refractivity contribution in [3.05, 3.63) is 56.0 Å². The van der Waals surface area contributed by atoms with E-state index in [2.05, 4.69) is 21.2 Å². The van der Waals surface area contributed by atoms with Crippen molar-refractivity contribution in [1.29, 1.82) is 0 Å². The minimum atomic E-state index is -0.0769. The van der Waals surface area contributed by atoms with E-state index < -0.39 is 0 Å². The number of phenols is 1. The first kappa shape index (κ1) is 14.5. The van der Waals surface area contributed by atoms with Gasteiger partial charge in [0.2, 0.25) is 0 Å². The summed E-state index contributed by atoms with van der Waals surface area (Å²) in [5, 5.41) is 13.3. The second kappa shape index (κ2) is 6.04. The van der Waals surface area contributed by atoms with Gasteiger partial charge in [-0.1, -0.05) is 39.1 Å². The van der Waals surface area contributed by atoms with Crippen molar-refractivity contribution in [2.24, 2.45) is 0 Å². The standard InChI is InChI=1S/C14H12BrCl2NO/c1-8-4-10(15)2-3-13(8)18-7-9-5-11(16)14(19)12(17)6-9/h2-6,18-19H,7H2,1H3. The summed E-state index contributed by atoms with van der Waals surface area (Å²) in [4.78, 5) is 0. The molecule has 0 atom stereocenters. The van der Waals surface area contributed by atoms with Crippen molar-refractivity contribution in [3.63, 3.8) is 0 Å². The maximum Gasteiger partial charge on any atom is 0.152 e. The third kappa shape index (κ3) is 3.56. The molecular weight excluding hydrogens is 349 g/mol. The number of phenolic OH excluding ortho intramolecular Hbond substituents is 1. The van der Waals surface area contributed by atoms with E-state index in [1.807, 2.05) is 25.1 Å². The van der Waals surface area contributed by atoms with E-state index in [1.165, 1.54) is 0 Å². The topological polar surface area (TPSA) is 32.3 Å². The van der Waals surface area contributed by atoms with Crippen LogP contribution in [-0.4, -0.2) is 5.11 Å². The van der Waals surface area contributed by atoms with E-state index in [0.717, 1.165) is 21.3 Å². The monoisotopic (exact) mass is 359 g/mol. The fraction of sp³-hybridized carbons (Fsp3) is 0.143. The van der Waals surface area contributed by atoms with Crippen LogP contribution in [0.15, 0.2) is 34.8 Å². The number of hydrogen-bond acceptors (Lipinski definition) is 2. The molecule has 0 fully saturated rings. The highest BCUT2D eigenvalue weighted by Crippen LogP contribution is 2.33. The Bertz CT molecular complexity index is 593. The van der Waals surface area contributed by atoms with Crippen LogP contribution in [0.2, 0.25) is 10.0 Å². The molecule has 0 saturated carbocycles. The quantitative estimate of drug-likeness (QED) is 0.769. The largest absolute Gasteiger partial charge is 0.505 e. The van der Waals surface area contributed by atoms with Gasteiger partial charge in [0.15, 0.2) is 5.75 Å². The van der Waals surface area contributed by atoms with Gasteiger partial charge in [-0.3, -0.25) is 0 Å². The van der Waals surface area contributed by atoms with E-state index in [0.29, 0.717) is 6.54 Å². The first-order valence-electron chi connectivity index (χ1n) is 5.64. The number of rotatable bonds is 3. The number of anilines is 1. The summed E-state index contributed by atoms with van der Waals surface area (Å²) in [5.41, 5.74) is 3.10. The van der Waals surface area contributed by atoms with Crippen LogP contribution in [0.5, 0.6) is 5.75 Å². The Balaban J connectivity index is 2.14. The minimum Gasteiger partial charge on any atom is -0.505 e. The highest BCUT2D eigenvalue weighted by atomic mass is 79.9. The van der Waals surface area contributed by atoms with Crippen molar-refractivity contribution in [1.82, 2.24) is 0 Å². The molecule has 0 aliphatic rings. The molecule has 0 aromatic heterocycles. The second-order valence-electron chi connectivity index (χ2n) is 4.22. The molecule has 0 amide bonds. The van der Waals surface area contributed by atoms with Crippen LogP contribution in [0.4, 0.5) is 5.69 Å². The van der Waals surface area contributed by atoms with Gasteiger partial charge in [-0.05, 0) is 48.4 Å². The van der Waals surface area contributed by atoms with Crippen LogP contribution in [-0.2, 0) is 6.54 Å². The predicted molar refractivity (Wildman–Crippen MR) is 84.3 cm³/mol. The highest BCUT2D eigenvalue weighted by molar-refractivity contribution is 9.10. The predicted octanol–water partition coefficient (Wildman–Crippen LogP) is 5.38. The molecular formula is C14H12BrCl2NO. The van der Waals surface area contributed by atoms with Gasteiger partial charge in [-0.25, -0.2) is 0 Å². The van der Waals surface area contributed by atoms with Crippen molar-refractivity contribution in [2.45, 2.75) is 13.5 Å². The molecule has 0 aliphatic heterocycles. The Morgan fingerprint density at radius 1 is 1.16 bits per heavy atom. The minimum absolute atomic E-state index is 0.0769. The molecule has 2 aromatic carbocycles. The van der Waals surface area contributed by atoms with Crippen LogP contribution in [0.3, 0.4) is 0 Å². The maximum atomic E-state index is 9.50. The number of aryl methyl sites for hydroxylation is 1. The molecule has 0 unspecified atom stereocenters. The lowest BCUT2D eigenvalue weighted by Crippen LogP contribution is -2.01. The van der Waals surface area contributed by atoms with Crippen molar-refractivity contribution in [2.75, 3.05) is 5.32 Å². The SMILES string of the molecule is Cc1cc(Br)ccc1NCc1cc(Cl)c(O)c(Cl)c1. The molecule has 0 bridgehead atoms. The lowest BCUT2D eigenvalue weighted by molar-refractivity contribution is 0.475. The molecule has 100 valence electrons. The molecule has 2 rings (SSSR count). The van der Waals surface area contributed by atoms with E-state index in [1.54, 1.807) is 12.1 Å². The molecule has 2 N–H and O–H groups in total. The van der Waals surface area contributed by atoms with Gasteiger partial charge < -0.3 is 10.4 Å². The van der Waals surface area contributed by atoms with E-state index in [9.17, 15) is 5.11 Å². The number of benzene rings is 2. The third-order valence-electron chi connectivity index (χ3n) is 2.75. The molecule has 0 spiro atoms. The summed E-state index contributed by atoms with van der Waals surface area (Å²) in [6, 6.07) is 9.42. The molecule has 0 heterocycles. The summed E-state index contributed by atoms with van der Waals surface area (Å²) in [5.74, 6) is -0.0769. The summed E-state index contributed by atoms with van der Waals surface area (Å²) >= 11 is 15.2. The normalized spacial score (nSPS) is 10.5. The molecule has 19 heavy (non-hydrogen) atoms. The van der Waals surface area contributed by atoms with Gasteiger partial charge in [0.25, 0.3) is 0 Å². The van der Waals surface area contributed by atoms with E-state index >= 15 is 0 Å². The second-order valence-corrected chi connectivity index (χ2v) is 5.95. The summed E-state index contributed by atoms with van der Waals surface area (Å²) in [7, 11) is 0. The smallest absolute Gasteiger partial charge is 0.152 e. The van der Waals surface area contributed by atoms with Crippen LogP contribution < -0.4 is 5.32 Å². The van der Waals surface area contributed by atoms with E-state index in [4.69, 9.17) is 23.2 Å². The molecule has 0 aliphatic carbocycles. The van der Waals surface area contributed by atoms with Gasteiger partial charge in [-0.15, -0.1) is 0 Å². The zero-order valence-electron chi connectivity index (χ0n) is 10.2. The lowest BCUT2D eigenvalue weighted by atomic mass is 10.1. The molecule has 2 nitrogen and oxygen atoms in total. The van der Waals surface area contributed by atoms with Crippen molar-refractivity contribution >= 4 is 44.8 Å². The number of nitrogens with one attached hydrogen (secondary N) is 1. The zero-order chi connectivity index (χ0) is 14.0. The number of aromatic hydroxyl groups is 1. The fourth-order valence-corrected chi connectivity index (χ4v) is 2.75. The molecule has 5 heteroatoms. The van der Waals surface area contributed by atoms with Crippen LogP contribution >= 0.6 is 39.1 Å². The van der Waals surface area contributed by atoms with Gasteiger partial charge in [0.05, 0.1) is 10.0 Å². The first-order valence-corrected chi connectivity index (χ1v) is 7.19. The Hall–Kier alpha value is -0.900. The van der Waals surface area contributed by atoms with Gasteiger partial charge >= 0.3 is 0 Å². The van der Waals surface area contributed by atoms with Gasteiger partial charge in [-0.2, -0.15) is 0 Å². The Morgan fingerprint density at radius 2 is 1.79 bits per heavy atom. The molecule has 0 radical (unpaired) electrons. The zero-order valence-corrected chi connectivity index (χ0v) is 13.3. The summed E-state index contributed by atoms with van der Waals surface area (Å²) in [6.07, 6.45) is 0. The highest BCUT2D eigenvalue weighted by Gasteiger charge is 2.07. The molecule has 2 aromatic rings. The Kier molecular flexibility index (Phi) is 4.61. The van der Waals surface area contributed by atoms with Crippen molar-refractivity contribution < 1.29 is 5.11 Å². The Morgan fingerprint density at radius 3 is 2.37 bits per heavy atom. The number of hydrogen-bond donors (Lipinski definition) is 2. The fourth-order valence-electron chi connectivity index (χ4n) is 1.74. The van der Waals surface area contributed by atoms with Crippen LogP contribution in [0.1, 0.15) is 11.1 Å². The summed E-state index contributed by atoms with van der Waals surface area (Å²) in [6.45, 7) is 2.62. The van der Waals surface area contributed by atoms with Crippen LogP contribution in [0.25, 0.3) is 0 Å². The van der Waals surface area contributed by atoms with Crippen LogP contribution in [0, 0.1) is 6.92 Å².